The fraction of sp³-hybridized carbons (Fsp3) is 0.694. The SMILES string of the molecule is CC[C@H]1OC(=O)[C@H](C)[C@@H](OC(=O)Cc2ccccn2)[C@H](C)[C@@H](O[C@H]2O[C@@H](C)C[C@@H](N(C)CC)[C@@H]2O)[C@](C)(OC)C[C@@H](C)C(=O)[C@H](C)[C@H]2N(CCCCn3cnc4ncccc43)C(=O)O[C@]12C. The van der Waals surface area contributed by atoms with Crippen LogP contribution < -0.4 is 0 Å². The fourth-order valence-corrected chi connectivity index (χ4v) is 10.7. The first-order chi connectivity index (χ1) is 31.4. The summed E-state index contributed by atoms with van der Waals surface area (Å²) in [6, 6.07) is 7.94. The molecule has 17 heteroatoms. The number of amides is 1. The number of carbonyl (C=O) groups is 4. The zero-order chi connectivity index (χ0) is 48.1. The Morgan fingerprint density at radius 3 is 2.38 bits per heavy atom. The highest BCUT2D eigenvalue weighted by atomic mass is 16.7. The highest BCUT2D eigenvalue weighted by molar-refractivity contribution is 5.85. The van der Waals surface area contributed by atoms with Crippen LogP contribution in [0.5, 0.6) is 0 Å². The van der Waals surface area contributed by atoms with Crippen molar-refractivity contribution in [2.75, 3.05) is 27.2 Å². The number of hydrogen-bond donors (Lipinski definition) is 1. The molecule has 3 fully saturated rings. The molecule has 0 saturated carbocycles. The molecule has 0 radical (unpaired) electrons. The third-order valence-electron chi connectivity index (χ3n) is 14.5. The number of hydrogen-bond acceptors (Lipinski definition) is 15. The number of imidazole rings is 1. The number of nitrogens with zero attached hydrogens (tertiary/aromatic N) is 6. The van der Waals surface area contributed by atoms with Crippen molar-refractivity contribution in [3.63, 3.8) is 0 Å². The Kier molecular flexibility index (Phi) is 16.6. The molecule has 17 nitrogen and oxygen atoms in total. The molecular weight excluding hydrogens is 849 g/mol. The minimum absolute atomic E-state index is 0.120. The number of pyridine rings is 2. The van der Waals surface area contributed by atoms with Gasteiger partial charge in [-0.25, -0.2) is 14.8 Å². The first-order valence-corrected chi connectivity index (χ1v) is 23.7. The molecule has 3 saturated heterocycles. The number of rotatable bonds is 14. The van der Waals surface area contributed by atoms with Crippen molar-refractivity contribution in [3.8, 4) is 0 Å². The Hall–Kier alpha value is -4.55. The molecule has 1 N–H and O–H groups in total. The van der Waals surface area contributed by atoms with Crippen LogP contribution in [0, 0.1) is 23.7 Å². The highest BCUT2D eigenvalue weighted by Crippen LogP contribution is 2.44. The molecule has 0 aromatic carbocycles. The van der Waals surface area contributed by atoms with Crippen LogP contribution in [0.1, 0.15) is 100 Å². The average Bonchev–Trinajstić information content (AvgIpc) is 3.83. The maximum atomic E-state index is 15.0. The Morgan fingerprint density at radius 2 is 1.70 bits per heavy atom. The summed E-state index contributed by atoms with van der Waals surface area (Å²) in [4.78, 5) is 74.5. The quantitative estimate of drug-likeness (QED) is 0.116. The molecule has 0 spiro atoms. The number of esters is 2. The second-order valence-electron chi connectivity index (χ2n) is 19.2. The molecule has 66 heavy (non-hydrogen) atoms. The van der Waals surface area contributed by atoms with Crippen LogP contribution >= 0.6 is 0 Å². The Morgan fingerprint density at radius 1 is 0.970 bits per heavy atom. The first kappa shape index (κ1) is 50.9. The summed E-state index contributed by atoms with van der Waals surface area (Å²) in [6.07, 6.45) is 0.768. The van der Waals surface area contributed by atoms with E-state index in [9.17, 15) is 19.5 Å². The number of carbonyl (C=O) groups excluding carboxylic acids is 4. The zero-order valence-corrected chi connectivity index (χ0v) is 40.6. The van der Waals surface area contributed by atoms with Crippen molar-refractivity contribution >= 4 is 35.0 Å². The van der Waals surface area contributed by atoms with E-state index < -0.39 is 89.7 Å². The van der Waals surface area contributed by atoms with Crippen molar-refractivity contribution in [2.45, 2.75) is 167 Å². The van der Waals surface area contributed by atoms with Gasteiger partial charge in [0.2, 0.25) is 0 Å². The summed E-state index contributed by atoms with van der Waals surface area (Å²) < 4.78 is 40.7. The number of aliphatic hydroxyl groups is 1. The standard InChI is InChI=1S/C49H72N6O11/c1-12-37-49(9)42(55(47(60)66-49)24-17-16-23-54-28-52-44-35(54)20-18-22-51-44)31(5)39(57)29(3)27-48(8,61-11)43(65-46-40(58)36(53(10)13-2)25-30(4)62-46)32(6)41(33(7)45(59)63-37)64-38(56)26-34-19-14-15-21-50-34/h14-15,18-22,28-33,36-37,40-43,46,58H,12-13,16-17,23-27H2,1-11H3/t29-,30+,31+,32+,33-,36-,37-,40+,41+,42-,43-,46-,48-,49-/m1/s1. The fourth-order valence-electron chi connectivity index (χ4n) is 10.7. The number of likely N-dealkylation sites (N-methyl/N-ethyl adjacent to an activating group) is 1. The first-order valence-electron chi connectivity index (χ1n) is 23.7. The lowest BCUT2D eigenvalue weighted by molar-refractivity contribution is -0.302. The number of Topliss-reactive ketones (excluding diaryl/α,β-unsaturated/α-hetero) is 1. The van der Waals surface area contributed by atoms with Gasteiger partial charge in [0.05, 0.1) is 53.7 Å². The van der Waals surface area contributed by atoms with E-state index in [1.807, 2.05) is 63.3 Å². The van der Waals surface area contributed by atoms with Crippen molar-refractivity contribution in [1.82, 2.24) is 29.3 Å². The molecule has 3 aliphatic heterocycles. The summed E-state index contributed by atoms with van der Waals surface area (Å²) in [5.41, 5.74) is -0.695. The van der Waals surface area contributed by atoms with Gasteiger partial charge in [0.15, 0.2) is 17.5 Å². The van der Waals surface area contributed by atoms with Gasteiger partial charge in [-0.3, -0.25) is 19.4 Å². The van der Waals surface area contributed by atoms with Gasteiger partial charge in [-0.1, -0.05) is 40.7 Å². The number of fused-ring (bicyclic) bond motifs is 2. The third kappa shape index (κ3) is 10.8. The maximum absolute atomic E-state index is 15.0. The normalized spacial score (nSPS) is 34.7. The predicted octanol–water partition coefficient (Wildman–Crippen LogP) is 5.79. The Bertz CT molecular complexity index is 2120. The van der Waals surface area contributed by atoms with Crippen LogP contribution in [0.25, 0.3) is 11.2 Å². The van der Waals surface area contributed by atoms with E-state index in [-0.39, 0.29) is 43.7 Å². The highest BCUT2D eigenvalue weighted by Gasteiger charge is 2.60. The van der Waals surface area contributed by atoms with Crippen LogP contribution in [0.3, 0.4) is 0 Å². The predicted molar refractivity (Wildman–Crippen MR) is 244 cm³/mol. The molecule has 1 amide bonds. The molecule has 14 atom stereocenters. The number of aliphatic hydroxyl groups excluding tert-OH is 1. The van der Waals surface area contributed by atoms with E-state index in [1.165, 1.54) is 7.11 Å². The monoisotopic (exact) mass is 921 g/mol. The molecule has 0 bridgehead atoms. The lowest BCUT2D eigenvalue weighted by Crippen LogP contribution is -2.61. The van der Waals surface area contributed by atoms with Gasteiger partial charge in [0, 0.05) is 56.4 Å². The van der Waals surface area contributed by atoms with Gasteiger partial charge in [0.25, 0.3) is 0 Å². The van der Waals surface area contributed by atoms with E-state index in [0.717, 1.165) is 5.52 Å². The van der Waals surface area contributed by atoms with Crippen LogP contribution in [0.4, 0.5) is 4.79 Å². The number of aromatic nitrogens is 4. The average molecular weight is 921 g/mol. The van der Waals surface area contributed by atoms with Gasteiger partial charge < -0.3 is 47.9 Å². The minimum Gasteiger partial charge on any atom is -0.461 e. The van der Waals surface area contributed by atoms with Crippen molar-refractivity contribution < 1.29 is 52.7 Å². The lowest BCUT2D eigenvalue weighted by atomic mass is 9.73. The summed E-state index contributed by atoms with van der Waals surface area (Å²) in [5.74, 6) is -4.84. The van der Waals surface area contributed by atoms with E-state index in [1.54, 1.807) is 69.5 Å². The van der Waals surface area contributed by atoms with Crippen LogP contribution in [-0.2, 0) is 55.8 Å². The van der Waals surface area contributed by atoms with Crippen LogP contribution in [0.15, 0.2) is 49.1 Å². The third-order valence-corrected chi connectivity index (χ3v) is 14.5. The number of ketones is 1. The largest absolute Gasteiger partial charge is 0.461 e. The van der Waals surface area contributed by atoms with Crippen LogP contribution in [0.2, 0.25) is 0 Å². The van der Waals surface area contributed by atoms with Crippen molar-refractivity contribution in [1.29, 1.82) is 0 Å². The lowest BCUT2D eigenvalue weighted by Gasteiger charge is -2.48. The summed E-state index contributed by atoms with van der Waals surface area (Å²) in [5, 5.41) is 11.9. The molecular formula is C49H72N6O11. The molecule has 6 rings (SSSR count). The molecule has 3 aliphatic rings. The van der Waals surface area contributed by atoms with E-state index in [2.05, 4.69) is 15.0 Å². The van der Waals surface area contributed by atoms with E-state index in [4.69, 9.17) is 28.4 Å². The van der Waals surface area contributed by atoms with Gasteiger partial charge >= 0.3 is 18.0 Å². The topological polar surface area (TPSA) is 194 Å². The molecule has 364 valence electrons. The summed E-state index contributed by atoms with van der Waals surface area (Å²) >= 11 is 0. The minimum atomic E-state index is -1.44. The molecule has 0 aliphatic carbocycles. The van der Waals surface area contributed by atoms with Gasteiger partial charge in [-0.05, 0) is 97.7 Å². The molecule has 0 unspecified atom stereocenters. The Balaban J connectivity index is 1.37. The Labute approximate surface area is 389 Å². The number of methoxy groups -OCH3 is 1. The number of ether oxygens (including phenoxy) is 6. The van der Waals surface area contributed by atoms with Crippen LogP contribution in [-0.4, -0.2) is 146 Å². The van der Waals surface area contributed by atoms with E-state index in [0.29, 0.717) is 43.7 Å². The van der Waals surface area contributed by atoms with Gasteiger partial charge in [-0.2, -0.15) is 0 Å². The summed E-state index contributed by atoms with van der Waals surface area (Å²) in [6.45, 7) is 18.0. The molecule has 3 aromatic heterocycles. The maximum Gasteiger partial charge on any atom is 0.410 e. The van der Waals surface area contributed by atoms with Crippen molar-refractivity contribution in [3.05, 3.63) is 54.7 Å². The smallest absolute Gasteiger partial charge is 0.410 e. The summed E-state index contributed by atoms with van der Waals surface area (Å²) in [7, 11) is 3.46. The van der Waals surface area contributed by atoms with E-state index >= 15 is 4.79 Å². The number of aryl methyl sites for hydroxylation is 1. The second kappa shape index (κ2) is 21.6. The van der Waals surface area contributed by atoms with Gasteiger partial charge in [0.1, 0.15) is 24.1 Å². The molecule has 6 heterocycles. The number of cyclic esters (lactones) is 1. The van der Waals surface area contributed by atoms with Crippen molar-refractivity contribution in [2.24, 2.45) is 23.7 Å². The number of unbranched alkanes of at least 4 members (excludes halogenated alkanes) is 1. The molecule has 3 aromatic rings. The zero-order valence-electron chi connectivity index (χ0n) is 40.6. The van der Waals surface area contributed by atoms with Gasteiger partial charge in [-0.15, -0.1) is 0 Å². The second-order valence-corrected chi connectivity index (χ2v) is 19.2.